The number of hydrogen-bond acceptors (Lipinski definition) is 4. The lowest BCUT2D eigenvalue weighted by Gasteiger charge is -2.35. The standard InChI is InChI=1S/C13H21N3O4/c17-11(6-9-2-1-3-14-8-9)16-5-4-15-13(20)10(16)7-12(18)19/h9-10,14H,1-8H2,(H,15,20)(H,18,19). The first-order valence-electron chi connectivity index (χ1n) is 7.07. The van der Waals surface area contributed by atoms with E-state index in [1.807, 2.05) is 0 Å². The third-order valence-corrected chi connectivity index (χ3v) is 3.88. The number of nitrogens with zero attached hydrogens (tertiary/aromatic N) is 1. The average molecular weight is 283 g/mol. The minimum Gasteiger partial charge on any atom is -0.481 e. The van der Waals surface area contributed by atoms with E-state index in [1.54, 1.807) is 0 Å². The fourth-order valence-corrected chi connectivity index (χ4v) is 2.84. The van der Waals surface area contributed by atoms with Gasteiger partial charge in [0.05, 0.1) is 6.42 Å². The second-order valence-corrected chi connectivity index (χ2v) is 5.41. The fraction of sp³-hybridized carbons (Fsp3) is 0.769. The van der Waals surface area contributed by atoms with Crippen LogP contribution in [0.1, 0.15) is 25.7 Å². The van der Waals surface area contributed by atoms with E-state index in [1.165, 1.54) is 4.90 Å². The van der Waals surface area contributed by atoms with Crippen LogP contribution in [0.15, 0.2) is 0 Å². The molecule has 2 saturated heterocycles. The number of rotatable bonds is 4. The van der Waals surface area contributed by atoms with E-state index in [0.717, 1.165) is 25.9 Å². The molecule has 2 aliphatic heterocycles. The molecule has 2 atom stereocenters. The summed E-state index contributed by atoms with van der Waals surface area (Å²) in [6.45, 7) is 2.58. The molecular formula is C13H21N3O4. The summed E-state index contributed by atoms with van der Waals surface area (Å²) in [4.78, 5) is 36.4. The van der Waals surface area contributed by atoms with Crippen LogP contribution in [0.2, 0.25) is 0 Å². The topological polar surface area (TPSA) is 98.7 Å². The minimum absolute atomic E-state index is 0.111. The molecule has 0 aromatic rings. The van der Waals surface area contributed by atoms with Crippen molar-refractivity contribution in [2.45, 2.75) is 31.7 Å². The first-order valence-corrected chi connectivity index (χ1v) is 7.07. The molecule has 2 rings (SSSR count). The first kappa shape index (κ1) is 14.8. The molecule has 2 amide bonds. The van der Waals surface area contributed by atoms with Crippen LogP contribution < -0.4 is 10.6 Å². The molecule has 0 aromatic heterocycles. The summed E-state index contributed by atoms with van der Waals surface area (Å²) in [7, 11) is 0. The Labute approximate surface area is 117 Å². The number of carboxylic acid groups (broad SMARTS) is 1. The van der Waals surface area contributed by atoms with Crippen molar-refractivity contribution < 1.29 is 19.5 Å². The molecule has 112 valence electrons. The van der Waals surface area contributed by atoms with Gasteiger partial charge in [-0.1, -0.05) is 0 Å². The van der Waals surface area contributed by atoms with Crippen molar-refractivity contribution in [3.8, 4) is 0 Å². The molecule has 7 heteroatoms. The number of carbonyl (C=O) groups is 3. The zero-order chi connectivity index (χ0) is 14.5. The normalized spacial score (nSPS) is 27.0. The maximum Gasteiger partial charge on any atom is 0.305 e. The molecule has 2 aliphatic rings. The van der Waals surface area contributed by atoms with Crippen LogP contribution in [-0.2, 0) is 14.4 Å². The van der Waals surface area contributed by atoms with Gasteiger partial charge in [0, 0.05) is 19.5 Å². The lowest BCUT2D eigenvalue weighted by atomic mass is 9.95. The van der Waals surface area contributed by atoms with Crippen molar-refractivity contribution in [2.24, 2.45) is 5.92 Å². The van der Waals surface area contributed by atoms with Crippen LogP contribution in [0.5, 0.6) is 0 Å². The largest absolute Gasteiger partial charge is 0.481 e. The molecule has 2 fully saturated rings. The molecule has 0 aromatic carbocycles. The van der Waals surface area contributed by atoms with Gasteiger partial charge in [-0.15, -0.1) is 0 Å². The highest BCUT2D eigenvalue weighted by Crippen LogP contribution is 2.18. The molecule has 0 radical (unpaired) electrons. The number of carboxylic acids is 1. The predicted molar refractivity (Wildman–Crippen MR) is 71.0 cm³/mol. The van der Waals surface area contributed by atoms with Crippen LogP contribution >= 0.6 is 0 Å². The van der Waals surface area contributed by atoms with Gasteiger partial charge in [-0.3, -0.25) is 14.4 Å². The van der Waals surface area contributed by atoms with E-state index in [4.69, 9.17) is 5.11 Å². The number of nitrogens with one attached hydrogen (secondary N) is 2. The molecule has 2 unspecified atom stereocenters. The third-order valence-electron chi connectivity index (χ3n) is 3.88. The van der Waals surface area contributed by atoms with E-state index in [2.05, 4.69) is 10.6 Å². The molecule has 20 heavy (non-hydrogen) atoms. The lowest BCUT2D eigenvalue weighted by molar-refractivity contribution is -0.149. The van der Waals surface area contributed by atoms with Gasteiger partial charge in [-0.05, 0) is 31.8 Å². The van der Waals surface area contributed by atoms with Gasteiger partial charge < -0.3 is 20.6 Å². The van der Waals surface area contributed by atoms with Crippen LogP contribution in [0.25, 0.3) is 0 Å². The number of amides is 2. The number of aliphatic carboxylic acids is 1. The SMILES string of the molecule is O=C(O)CC1C(=O)NCCN1C(=O)CC1CCCNC1. The van der Waals surface area contributed by atoms with Crippen molar-refractivity contribution in [1.29, 1.82) is 0 Å². The second kappa shape index (κ2) is 6.69. The molecule has 2 heterocycles. The van der Waals surface area contributed by atoms with Crippen LogP contribution in [0.4, 0.5) is 0 Å². The van der Waals surface area contributed by atoms with E-state index in [0.29, 0.717) is 19.5 Å². The smallest absolute Gasteiger partial charge is 0.305 e. The first-order chi connectivity index (χ1) is 9.58. The number of piperazine rings is 1. The second-order valence-electron chi connectivity index (χ2n) is 5.41. The number of carbonyl (C=O) groups excluding carboxylic acids is 2. The van der Waals surface area contributed by atoms with Crippen molar-refractivity contribution in [2.75, 3.05) is 26.2 Å². The van der Waals surface area contributed by atoms with Gasteiger partial charge >= 0.3 is 5.97 Å². The number of hydrogen-bond donors (Lipinski definition) is 3. The maximum atomic E-state index is 12.3. The average Bonchev–Trinajstić information content (AvgIpc) is 2.41. The van der Waals surface area contributed by atoms with Gasteiger partial charge in [0.1, 0.15) is 6.04 Å². The van der Waals surface area contributed by atoms with Crippen molar-refractivity contribution in [1.82, 2.24) is 15.5 Å². The zero-order valence-electron chi connectivity index (χ0n) is 11.4. The Morgan fingerprint density at radius 1 is 1.30 bits per heavy atom. The Bertz CT molecular complexity index is 393. The Hall–Kier alpha value is -1.63. The van der Waals surface area contributed by atoms with Crippen molar-refractivity contribution in [3.63, 3.8) is 0 Å². The Morgan fingerprint density at radius 2 is 2.10 bits per heavy atom. The van der Waals surface area contributed by atoms with Crippen LogP contribution in [0.3, 0.4) is 0 Å². The third kappa shape index (κ3) is 3.69. The summed E-state index contributed by atoms with van der Waals surface area (Å²) in [5, 5.41) is 14.7. The van der Waals surface area contributed by atoms with Gasteiger partial charge in [0.25, 0.3) is 0 Å². The van der Waals surface area contributed by atoms with E-state index in [-0.39, 0.29) is 24.2 Å². The van der Waals surface area contributed by atoms with Crippen LogP contribution in [-0.4, -0.2) is 60.0 Å². The molecule has 0 saturated carbocycles. The number of piperidine rings is 1. The summed E-state index contributed by atoms with van der Waals surface area (Å²) in [5.41, 5.74) is 0. The van der Waals surface area contributed by atoms with Crippen LogP contribution in [0, 0.1) is 5.92 Å². The predicted octanol–water partition coefficient (Wildman–Crippen LogP) is -0.822. The van der Waals surface area contributed by atoms with Gasteiger partial charge in [0.2, 0.25) is 11.8 Å². The summed E-state index contributed by atoms with van der Waals surface area (Å²) in [6, 6.07) is -0.870. The molecule has 3 N–H and O–H groups in total. The highest BCUT2D eigenvalue weighted by molar-refractivity contribution is 5.91. The summed E-state index contributed by atoms with van der Waals surface area (Å²) >= 11 is 0. The Balaban J connectivity index is 1.97. The van der Waals surface area contributed by atoms with Gasteiger partial charge in [0.15, 0.2) is 0 Å². The highest BCUT2D eigenvalue weighted by Gasteiger charge is 2.35. The van der Waals surface area contributed by atoms with Crippen molar-refractivity contribution in [3.05, 3.63) is 0 Å². The van der Waals surface area contributed by atoms with E-state index < -0.39 is 12.0 Å². The molecule has 7 nitrogen and oxygen atoms in total. The molecule has 0 bridgehead atoms. The van der Waals surface area contributed by atoms with E-state index in [9.17, 15) is 14.4 Å². The lowest BCUT2D eigenvalue weighted by Crippen LogP contribution is -2.58. The summed E-state index contributed by atoms with van der Waals surface area (Å²) < 4.78 is 0. The fourth-order valence-electron chi connectivity index (χ4n) is 2.84. The maximum absolute atomic E-state index is 12.3. The molecule has 0 aliphatic carbocycles. The van der Waals surface area contributed by atoms with Gasteiger partial charge in [-0.25, -0.2) is 0 Å². The minimum atomic E-state index is -1.07. The van der Waals surface area contributed by atoms with Gasteiger partial charge in [-0.2, -0.15) is 0 Å². The molecule has 0 spiro atoms. The molecular weight excluding hydrogens is 262 g/mol. The quantitative estimate of drug-likeness (QED) is 0.626. The van der Waals surface area contributed by atoms with E-state index >= 15 is 0 Å². The van der Waals surface area contributed by atoms with Crippen molar-refractivity contribution >= 4 is 17.8 Å². The highest BCUT2D eigenvalue weighted by atomic mass is 16.4. The summed E-state index contributed by atoms with van der Waals surface area (Å²) in [5.74, 6) is -1.26. The zero-order valence-corrected chi connectivity index (χ0v) is 11.4. The Morgan fingerprint density at radius 3 is 2.75 bits per heavy atom. The summed E-state index contributed by atoms with van der Waals surface area (Å²) in [6.07, 6.45) is 2.11. The monoisotopic (exact) mass is 283 g/mol. The Kier molecular flexibility index (Phi) is 4.94.